The van der Waals surface area contributed by atoms with Gasteiger partial charge in [-0.25, -0.2) is 0 Å². The Bertz CT molecular complexity index is 4190. The van der Waals surface area contributed by atoms with Crippen LogP contribution in [0.2, 0.25) is 5.02 Å². The minimum Gasteiger partial charge on any atom is -0.394 e. The number of likely N-dealkylation sites (tertiary alicyclic amines) is 1. The van der Waals surface area contributed by atoms with Gasteiger partial charge in [0.25, 0.3) is 0 Å². The molecular weight excluding hydrogens is 1430 g/mol. The lowest BCUT2D eigenvalue weighted by Crippen LogP contribution is -2.62. The number of aliphatic hydroxyl groups excluding tert-OH is 1. The average Bonchev–Trinajstić information content (AvgIpc) is 1.77. The van der Waals surface area contributed by atoms with E-state index in [9.17, 15) is 57.8 Å². The third kappa shape index (κ3) is 27.8. The molecule has 1 aliphatic heterocycles. The number of carbonyl (C=O) groups excluding carboxylic acids is 13. The Labute approximate surface area is 645 Å². The summed E-state index contributed by atoms with van der Waals surface area (Å²) in [4.78, 5) is 187. The van der Waals surface area contributed by atoms with Gasteiger partial charge in [0.1, 0.15) is 60.4 Å². The average molecular weight is 1530 g/mol. The summed E-state index contributed by atoms with van der Waals surface area (Å²) < 4.78 is 0. The van der Waals surface area contributed by atoms with E-state index in [0.29, 0.717) is 70.0 Å². The molecule has 0 bridgehead atoms. The van der Waals surface area contributed by atoms with E-state index in [-0.39, 0.29) is 81.7 Å². The number of unbranched alkanes of at least 4 members (excludes halogenated alkanes) is 1. The molecule has 5 aromatic carbocycles. The normalized spacial score (nSPS) is 15.0. The zero-order valence-corrected chi connectivity index (χ0v) is 64.0. The van der Waals surface area contributed by atoms with Crippen LogP contribution in [-0.2, 0) is 94.4 Å². The van der Waals surface area contributed by atoms with Crippen molar-refractivity contribution in [3.63, 3.8) is 0 Å². The van der Waals surface area contributed by atoms with Crippen LogP contribution in [0.4, 0.5) is 11.4 Å². The highest BCUT2D eigenvalue weighted by Gasteiger charge is 2.40. The lowest BCUT2D eigenvalue weighted by Gasteiger charge is -2.31. The van der Waals surface area contributed by atoms with Gasteiger partial charge in [-0.2, -0.15) is 0 Å². The minimum atomic E-state index is -1.85. The van der Waals surface area contributed by atoms with Crippen molar-refractivity contribution in [2.24, 2.45) is 11.7 Å². The zero-order valence-electron chi connectivity index (χ0n) is 63.2. The molecule has 1 aliphatic rings. The van der Waals surface area contributed by atoms with Crippen LogP contribution in [0.5, 0.6) is 0 Å². The zero-order chi connectivity index (χ0) is 80.1. The molecule has 0 radical (unpaired) electrons. The van der Waals surface area contributed by atoms with E-state index in [0.717, 1.165) is 10.8 Å². The first kappa shape index (κ1) is 86.1. The van der Waals surface area contributed by atoms with Crippen LogP contribution in [0.3, 0.4) is 0 Å². The highest BCUT2D eigenvalue weighted by molar-refractivity contribution is 6.30. The molecule has 10 atom stereocenters. The Kier molecular flexibility index (Phi) is 33.3. The minimum absolute atomic E-state index is 0.0189. The van der Waals surface area contributed by atoms with Gasteiger partial charge in [-0.15, -0.1) is 0 Å². The second kappa shape index (κ2) is 42.5. The van der Waals surface area contributed by atoms with Crippen molar-refractivity contribution in [3.05, 3.63) is 173 Å². The highest BCUT2D eigenvalue weighted by Crippen LogP contribution is 2.23. The van der Waals surface area contributed by atoms with Crippen LogP contribution in [0.25, 0.3) is 10.8 Å². The molecule has 0 saturated carbocycles. The number of carbonyl (C=O) groups is 13. The predicted molar refractivity (Wildman–Crippen MR) is 416 cm³/mol. The topological polar surface area (TPSA) is 429 Å². The third-order valence-electron chi connectivity index (χ3n) is 18.3. The van der Waals surface area contributed by atoms with Crippen molar-refractivity contribution in [1.29, 1.82) is 0 Å². The number of aliphatic hydroxyl groups is 1. The fraction of sp³-hybridized carbons (Fsp3) is 0.425. The number of aromatic nitrogens is 1. The fourth-order valence-electron chi connectivity index (χ4n) is 12.6. The van der Waals surface area contributed by atoms with Gasteiger partial charge in [0, 0.05) is 94.3 Å². The fourth-order valence-corrected chi connectivity index (χ4v) is 12.8. The summed E-state index contributed by atoms with van der Waals surface area (Å²) in [5.41, 5.74) is 8.80. The number of fused-ring (bicyclic) bond motifs is 1. The SMILES string of the molecule is CC(=O)Nc1ccc(C[C@H](NC(=O)[C@H](CO)NC(=O)[C@@H](Cc2cccnc2)NC(=O)[C@@H](Cc2ccc(Cl)cc2)NC(=O)[C@@H](Cc2ccc3ccccc3c2)NC(C)=O)C(=O)N[C@H](Cc2ccc(NC(C)=O)cc2)C(=O)N[C@@H](CC(C)C)C(=O)N[C@@H](CCCCNC(C)C)C(=O)N2CCC[C@H]2C(=O)N[C@@H](C)C(N)=O)cc1. The molecule has 7 rings (SSSR count). The monoisotopic (exact) mass is 1530 g/mol. The largest absolute Gasteiger partial charge is 0.394 e. The van der Waals surface area contributed by atoms with Crippen LogP contribution in [0.1, 0.15) is 122 Å². The van der Waals surface area contributed by atoms with Gasteiger partial charge in [0.05, 0.1) is 6.61 Å². The van der Waals surface area contributed by atoms with Crippen molar-refractivity contribution in [1.82, 2.24) is 63.1 Å². The number of hydrogen-bond acceptors (Lipinski definition) is 16. The first-order valence-corrected chi connectivity index (χ1v) is 37.3. The quantitative estimate of drug-likeness (QED) is 0.0245. The summed E-state index contributed by atoms with van der Waals surface area (Å²) in [6, 6.07) is 21.9. The van der Waals surface area contributed by atoms with E-state index >= 15 is 9.59 Å². The number of amides is 13. The molecule has 1 saturated heterocycles. The lowest BCUT2D eigenvalue weighted by atomic mass is 9.99. The Morgan fingerprint density at radius 3 is 1.41 bits per heavy atom. The summed E-state index contributed by atoms with van der Waals surface area (Å²) in [5.74, 6) is -9.78. The molecule has 110 heavy (non-hydrogen) atoms. The number of nitrogens with one attached hydrogen (secondary N) is 12. The van der Waals surface area contributed by atoms with Crippen LogP contribution in [0.15, 0.2) is 140 Å². The molecule has 1 aromatic heterocycles. The van der Waals surface area contributed by atoms with Crippen LogP contribution in [0, 0.1) is 5.92 Å². The second-order valence-corrected chi connectivity index (χ2v) is 28.8. The lowest BCUT2D eigenvalue weighted by molar-refractivity contribution is -0.142. The number of nitrogens with two attached hydrogens (primary N) is 1. The Morgan fingerprint density at radius 1 is 0.491 bits per heavy atom. The van der Waals surface area contributed by atoms with E-state index in [1.54, 1.807) is 84.9 Å². The number of primary amides is 1. The third-order valence-corrected chi connectivity index (χ3v) is 18.5. The van der Waals surface area contributed by atoms with Gasteiger partial charge in [-0.05, 0) is 139 Å². The molecular formula is C80H102ClN15O14. The van der Waals surface area contributed by atoms with Gasteiger partial charge in [-0.1, -0.05) is 124 Å². The first-order chi connectivity index (χ1) is 52.4. The number of rotatable bonds is 40. The number of hydrogen-bond donors (Lipinski definition) is 14. The Balaban J connectivity index is 1.18. The van der Waals surface area contributed by atoms with E-state index in [1.807, 2.05) is 70.2 Å². The molecule has 6 aromatic rings. The molecule has 29 nitrogen and oxygen atoms in total. The molecule has 15 N–H and O–H groups in total. The number of anilines is 2. The summed E-state index contributed by atoms with van der Waals surface area (Å²) in [5, 5.41) is 46.5. The summed E-state index contributed by atoms with van der Waals surface area (Å²) in [6.45, 7) is 12.6. The molecule has 30 heteroatoms. The molecule has 13 amide bonds. The number of benzene rings is 5. The van der Waals surface area contributed by atoms with Gasteiger partial charge in [0.15, 0.2) is 0 Å². The number of halogens is 1. The van der Waals surface area contributed by atoms with Crippen LogP contribution in [-0.4, -0.2) is 178 Å². The van der Waals surface area contributed by atoms with Crippen molar-refractivity contribution in [2.45, 2.75) is 192 Å². The standard InChI is InChI=1S/C80H102ClN15O14/c1-46(2)37-63(72(102)89-62(18-11-12-35-84-47(3)4)80(110)96-36-14-19-70(96)79(109)85-48(5)71(82)101)90-74(104)66(40-53-23-30-60(31-24-53)86-49(6)98)92-76(106)67(41-54-25-32-61(33-26-54)87-50(7)99)94-78(108)69(45-97)95-77(107)68(43-56-15-13-34-83-44-56)93-75(105)65(39-52-21-28-59(81)29-22-52)91-73(103)64(88-51(8)100)42-55-20-27-57-16-9-10-17-58(57)38-55/h9-10,13,15-17,20-34,38,44,46-48,62-70,84,97H,11-12,14,18-19,35-37,39-43,45H2,1-8H3,(H2,82,101)(H,85,109)(H,86,98)(H,87,99)(H,88,100)(H,89,102)(H,90,104)(H,91,103)(H,92,106)(H,93,105)(H,94,108)(H,95,107)/t48-,62-,63-,64+,65+,66+,67-,68+,69-,70-/m0/s1. The summed E-state index contributed by atoms with van der Waals surface area (Å²) in [7, 11) is 0. The Hall–Kier alpha value is -11.2. The van der Waals surface area contributed by atoms with Crippen molar-refractivity contribution in [3.8, 4) is 0 Å². The maximum absolute atomic E-state index is 15.3. The van der Waals surface area contributed by atoms with Gasteiger partial charge < -0.3 is 79.5 Å². The summed E-state index contributed by atoms with van der Waals surface area (Å²) in [6.07, 6.45) is 3.93. The molecule has 0 aliphatic carbocycles. The molecule has 0 spiro atoms. The molecule has 1 fully saturated rings. The Morgan fingerprint density at radius 2 is 0.936 bits per heavy atom. The first-order valence-electron chi connectivity index (χ1n) is 36.9. The van der Waals surface area contributed by atoms with E-state index in [1.165, 1.54) is 45.0 Å². The van der Waals surface area contributed by atoms with E-state index < -0.39 is 132 Å². The van der Waals surface area contributed by atoms with Crippen LogP contribution < -0.4 is 69.5 Å². The van der Waals surface area contributed by atoms with Crippen molar-refractivity contribution in [2.75, 3.05) is 30.3 Å². The maximum atomic E-state index is 15.3. The number of nitrogens with zero attached hydrogens (tertiary/aromatic N) is 2. The maximum Gasteiger partial charge on any atom is 0.245 e. The van der Waals surface area contributed by atoms with Crippen molar-refractivity contribution >= 4 is 111 Å². The van der Waals surface area contributed by atoms with Crippen molar-refractivity contribution < 1.29 is 67.4 Å². The van der Waals surface area contributed by atoms with E-state index in [2.05, 4.69) is 68.8 Å². The smallest absolute Gasteiger partial charge is 0.245 e. The van der Waals surface area contributed by atoms with Crippen LogP contribution >= 0.6 is 11.6 Å². The molecule has 0 unspecified atom stereocenters. The number of pyridine rings is 1. The highest BCUT2D eigenvalue weighted by atomic mass is 35.5. The second-order valence-electron chi connectivity index (χ2n) is 28.4. The molecule has 2 heterocycles. The summed E-state index contributed by atoms with van der Waals surface area (Å²) >= 11 is 6.26. The predicted octanol–water partition coefficient (Wildman–Crippen LogP) is 3.40. The van der Waals surface area contributed by atoms with Gasteiger partial charge in [-0.3, -0.25) is 67.3 Å². The molecule has 588 valence electrons. The van der Waals surface area contributed by atoms with E-state index in [4.69, 9.17) is 17.3 Å². The van der Waals surface area contributed by atoms with Gasteiger partial charge >= 0.3 is 0 Å². The van der Waals surface area contributed by atoms with Gasteiger partial charge in [0.2, 0.25) is 76.8 Å².